The number of pyridine rings is 1. The summed E-state index contributed by atoms with van der Waals surface area (Å²) in [6.07, 6.45) is 2.85. The number of hydrogen-bond donors (Lipinski definition) is 1. The Morgan fingerprint density at radius 3 is 2.71 bits per heavy atom. The van der Waals surface area contributed by atoms with Crippen LogP contribution in [0, 0.1) is 0 Å². The number of fused-ring (bicyclic) bond motifs is 1. The molecule has 0 fully saturated rings. The summed E-state index contributed by atoms with van der Waals surface area (Å²) in [5, 5.41) is 4.62. The molecule has 0 spiro atoms. The first-order valence-corrected chi connectivity index (χ1v) is 7.48. The van der Waals surface area contributed by atoms with Gasteiger partial charge in [0.2, 0.25) is 0 Å². The van der Waals surface area contributed by atoms with Crippen molar-refractivity contribution >= 4 is 10.9 Å². The van der Waals surface area contributed by atoms with Gasteiger partial charge in [-0.2, -0.15) is 0 Å². The number of para-hydroxylation sites is 1. The van der Waals surface area contributed by atoms with E-state index in [0.29, 0.717) is 0 Å². The molecule has 1 heterocycles. The largest absolute Gasteiger partial charge is 0.313 e. The van der Waals surface area contributed by atoms with Crippen LogP contribution in [0.1, 0.15) is 23.6 Å². The molecule has 21 heavy (non-hydrogen) atoms. The fraction of sp³-hybridized carbons (Fsp3) is 0.211. The normalized spacial score (nSPS) is 10.9. The molecule has 0 atom stereocenters. The number of aromatic nitrogens is 1. The Balaban J connectivity index is 1.88. The van der Waals surface area contributed by atoms with Crippen LogP contribution >= 0.6 is 0 Å². The molecular weight excluding hydrogens is 256 g/mol. The molecule has 0 bridgehead atoms. The molecule has 1 N–H and O–H groups in total. The third-order valence-corrected chi connectivity index (χ3v) is 3.70. The molecule has 106 valence electrons. The van der Waals surface area contributed by atoms with Crippen LogP contribution in [0.2, 0.25) is 0 Å². The van der Waals surface area contributed by atoms with E-state index in [2.05, 4.69) is 65.8 Å². The number of rotatable bonds is 5. The van der Waals surface area contributed by atoms with Crippen LogP contribution in [0.3, 0.4) is 0 Å². The van der Waals surface area contributed by atoms with Crippen molar-refractivity contribution in [3.63, 3.8) is 0 Å². The first-order valence-electron chi connectivity index (χ1n) is 7.48. The van der Waals surface area contributed by atoms with Crippen molar-refractivity contribution in [2.24, 2.45) is 0 Å². The van der Waals surface area contributed by atoms with Gasteiger partial charge < -0.3 is 5.32 Å². The molecule has 2 nitrogen and oxygen atoms in total. The lowest BCUT2D eigenvalue weighted by Gasteiger charge is -2.08. The molecule has 1 aromatic heterocycles. The van der Waals surface area contributed by atoms with Crippen LogP contribution in [0.25, 0.3) is 10.9 Å². The van der Waals surface area contributed by atoms with Crippen molar-refractivity contribution in [3.05, 3.63) is 77.5 Å². The standard InChI is InChI=1S/C19H20N2/c1-2-20-14-16-7-5-6-15(12-16)13-17-10-11-21-19-9-4-3-8-18(17)19/h3-12,20H,2,13-14H2,1H3. The minimum absolute atomic E-state index is 0.932. The number of nitrogens with zero attached hydrogens (tertiary/aromatic N) is 1. The Kier molecular flexibility index (Phi) is 4.27. The van der Waals surface area contributed by atoms with Gasteiger partial charge in [0.1, 0.15) is 0 Å². The average Bonchev–Trinajstić information content (AvgIpc) is 2.54. The third kappa shape index (κ3) is 3.29. The zero-order valence-electron chi connectivity index (χ0n) is 12.3. The predicted molar refractivity (Wildman–Crippen MR) is 88.4 cm³/mol. The second-order valence-electron chi connectivity index (χ2n) is 5.26. The minimum atomic E-state index is 0.932. The van der Waals surface area contributed by atoms with E-state index in [1.807, 2.05) is 12.3 Å². The fourth-order valence-electron chi connectivity index (χ4n) is 2.65. The van der Waals surface area contributed by atoms with Gasteiger partial charge in [-0.15, -0.1) is 0 Å². The average molecular weight is 276 g/mol. The van der Waals surface area contributed by atoms with Crippen LogP contribution in [0.15, 0.2) is 60.8 Å². The summed E-state index contributed by atoms with van der Waals surface area (Å²) in [7, 11) is 0. The zero-order valence-corrected chi connectivity index (χ0v) is 12.3. The summed E-state index contributed by atoms with van der Waals surface area (Å²) in [4.78, 5) is 4.43. The summed E-state index contributed by atoms with van der Waals surface area (Å²) >= 11 is 0. The lowest BCUT2D eigenvalue weighted by atomic mass is 10.00. The second kappa shape index (κ2) is 6.51. The zero-order chi connectivity index (χ0) is 14.5. The van der Waals surface area contributed by atoms with Gasteiger partial charge in [-0.25, -0.2) is 0 Å². The highest BCUT2D eigenvalue weighted by Gasteiger charge is 2.03. The molecule has 0 unspecified atom stereocenters. The van der Waals surface area contributed by atoms with Crippen molar-refractivity contribution < 1.29 is 0 Å². The Labute approximate surface area is 125 Å². The maximum absolute atomic E-state index is 4.43. The molecule has 0 aliphatic carbocycles. The first-order chi connectivity index (χ1) is 10.4. The van der Waals surface area contributed by atoms with E-state index in [4.69, 9.17) is 0 Å². The van der Waals surface area contributed by atoms with Crippen LogP contribution in [0.5, 0.6) is 0 Å². The summed E-state index contributed by atoms with van der Waals surface area (Å²) < 4.78 is 0. The second-order valence-corrected chi connectivity index (χ2v) is 5.26. The van der Waals surface area contributed by atoms with Crippen molar-refractivity contribution in [1.82, 2.24) is 10.3 Å². The van der Waals surface area contributed by atoms with Crippen molar-refractivity contribution in [2.75, 3.05) is 6.54 Å². The van der Waals surface area contributed by atoms with Gasteiger partial charge in [0, 0.05) is 18.1 Å². The Bertz CT molecular complexity index is 729. The number of nitrogens with one attached hydrogen (secondary N) is 1. The summed E-state index contributed by atoms with van der Waals surface area (Å²) in [5.74, 6) is 0. The van der Waals surface area contributed by atoms with Gasteiger partial charge in [-0.3, -0.25) is 4.98 Å². The lowest BCUT2D eigenvalue weighted by molar-refractivity contribution is 0.726. The van der Waals surface area contributed by atoms with Crippen molar-refractivity contribution in [2.45, 2.75) is 19.9 Å². The maximum atomic E-state index is 4.43. The molecule has 0 saturated heterocycles. The minimum Gasteiger partial charge on any atom is -0.313 e. The van der Waals surface area contributed by atoms with Crippen molar-refractivity contribution in [1.29, 1.82) is 0 Å². The quantitative estimate of drug-likeness (QED) is 0.763. The maximum Gasteiger partial charge on any atom is 0.0704 e. The van der Waals surface area contributed by atoms with Gasteiger partial charge in [0.05, 0.1) is 5.52 Å². The summed E-state index contributed by atoms with van der Waals surface area (Å²) in [6.45, 7) is 4.06. The van der Waals surface area contributed by atoms with Crippen LogP contribution in [-0.4, -0.2) is 11.5 Å². The highest BCUT2D eigenvalue weighted by molar-refractivity contribution is 5.82. The molecule has 0 radical (unpaired) electrons. The third-order valence-electron chi connectivity index (χ3n) is 3.70. The smallest absolute Gasteiger partial charge is 0.0704 e. The Hall–Kier alpha value is -2.19. The number of hydrogen-bond acceptors (Lipinski definition) is 2. The van der Waals surface area contributed by atoms with Crippen LogP contribution in [0.4, 0.5) is 0 Å². The van der Waals surface area contributed by atoms with Crippen LogP contribution in [-0.2, 0) is 13.0 Å². The van der Waals surface area contributed by atoms with Gasteiger partial charge in [0.15, 0.2) is 0 Å². The highest BCUT2D eigenvalue weighted by Crippen LogP contribution is 2.20. The molecular formula is C19H20N2. The SMILES string of the molecule is CCNCc1cccc(Cc2ccnc3ccccc23)c1. The monoisotopic (exact) mass is 276 g/mol. The van der Waals surface area contributed by atoms with E-state index < -0.39 is 0 Å². The molecule has 0 saturated carbocycles. The van der Waals surface area contributed by atoms with E-state index in [1.165, 1.54) is 22.1 Å². The van der Waals surface area contributed by atoms with E-state index >= 15 is 0 Å². The Morgan fingerprint density at radius 1 is 0.952 bits per heavy atom. The van der Waals surface area contributed by atoms with Gasteiger partial charge >= 0.3 is 0 Å². The Morgan fingerprint density at radius 2 is 1.81 bits per heavy atom. The first kappa shape index (κ1) is 13.8. The van der Waals surface area contributed by atoms with Gasteiger partial charge in [0.25, 0.3) is 0 Å². The fourth-order valence-corrected chi connectivity index (χ4v) is 2.65. The predicted octanol–water partition coefficient (Wildman–Crippen LogP) is 3.94. The molecule has 3 aromatic rings. The summed E-state index contributed by atoms with van der Waals surface area (Å²) in [6, 6.07) is 19.3. The molecule has 2 heteroatoms. The van der Waals surface area contributed by atoms with Crippen molar-refractivity contribution in [3.8, 4) is 0 Å². The topological polar surface area (TPSA) is 24.9 Å². The van der Waals surface area contributed by atoms with Crippen LogP contribution < -0.4 is 5.32 Å². The van der Waals surface area contributed by atoms with Gasteiger partial charge in [-0.1, -0.05) is 49.4 Å². The van der Waals surface area contributed by atoms with E-state index in [0.717, 1.165) is 25.0 Å². The lowest BCUT2D eigenvalue weighted by Crippen LogP contribution is -2.11. The molecule has 0 aliphatic heterocycles. The molecule has 2 aromatic carbocycles. The number of benzene rings is 2. The van der Waals surface area contributed by atoms with Gasteiger partial charge in [-0.05, 0) is 41.8 Å². The summed E-state index contributed by atoms with van der Waals surface area (Å²) in [5.41, 5.74) is 5.09. The highest BCUT2D eigenvalue weighted by atomic mass is 14.8. The van der Waals surface area contributed by atoms with E-state index in [9.17, 15) is 0 Å². The van der Waals surface area contributed by atoms with E-state index in [1.54, 1.807) is 0 Å². The molecule has 0 amide bonds. The molecule has 3 rings (SSSR count). The molecule has 0 aliphatic rings. The van der Waals surface area contributed by atoms with E-state index in [-0.39, 0.29) is 0 Å².